The van der Waals surface area contributed by atoms with Gasteiger partial charge in [0.25, 0.3) is 5.91 Å². The van der Waals surface area contributed by atoms with Crippen LogP contribution in [0.25, 0.3) is 0 Å². The maximum Gasteiger partial charge on any atom is 0.345 e. The van der Waals surface area contributed by atoms with Crippen molar-refractivity contribution in [1.82, 2.24) is 5.32 Å². The zero-order chi connectivity index (χ0) is 16.8. The molecular formula is C16H16FNO4S. The summed E-state index contributed by atoms with van der Waals surface area (Å²) in [5.41, 5.74) is 0. The van der Waals surface area contributed by atoms with Crippen LogP contribution < -0.4 is 10.1 Å². The van der Waals surface area contributed by atoms with Crippen molar-refractivity contribution in [3.63, 3.8) is 0 Å². The molecule has 5 nitrogen and oxygen atoms in total. The van der Waals surface area contributed by atoms with Gasteiger partial charge < -0.3 is 15.2 Å². The van der Waals surface area contributed by atoms with Crippen molar-refractivity contribution in [2.45, 2.75) is 19.4 Å². The van der Waals surface area contributed by atoms with Crippen molar-refractivity contribution in [2.24, 2.45) is 0 Å². The molecule has 1 unspecified atom stereocenters. The molecule has 1 aromatic heterocycles. The van der Waals surface area contributed by atoms with Crippen molar-refractivity contribution < 1.29 is 23.8 Å². The number of halogens is 1. The predicted octanol–water partition coefficient (Wildman–Crippen LogP) is 3.17. The monoisotopic (exact) mass is 337 g/mol. The summed E-state index contributed by atoms with van der Waals surface area (Å²) < 4.78 is 19.1. The van der Waals surface area contributed by atoms with Gasteiger partial charge in [-0.1, -0.05) is 19.1 Å². The lowest BCUT2D eigenvalue weighted by atomic mass is 10.2. The van der Waals surface area contributed by atoms with Gasteiger partial charge in [-0.25, -0.2) is 9.18 Å². The van der Waals surface area contributed by atoms with Gasteiger partial charge in [0.2, 0.25) is 0 Å². The van der Waals surface area contributed by atoms with Crippen LogP contribution >= 0.6 is 11.3 Å². The summed E-state index contributed by atoms with van der Waals surface area (Å²) in [4.78, 5) is 23.2. The van der Waals surface area contributed by atoms with E-state index in [9.17, 15) is 14.0 Å². The van der Waals surface area contributed by atoms with E-state index in [-0.39, 0.29) is 29.2 Å². The molecule has 2 aromatic rings. The number of hydrogen-bond acceptors (Lipinski definition) is 4. The summed E-state index contributed by atoms with van der Waals surface area (Å²) in [5, 5.41) is 11.5. The Labute approximate surface area is 136 Å². The highest BCUT2D eigenvalue weighted by atomic mass is 32.1. The number of carboxylic acids is 1. The third-order valence-electron chi connectivity index (χ3n) is 3.12. The standard InChI is InChI=1S/C16H16FNO4S/c1-2-10(22-12-6-4-3-5-11(12)17)9-18-15(19)13-7-8-14(23-13)16(20)21/h3-8,10H,2,9H2,1H3,(H,18,19)(H,20,21). The minimum absolute atomic E-state index is 0.102. The molecule has 1 atom stereocenters. The first-order chi connectivity index (χ1) is 11.0. The lowest BCUT2D eigenvalue weighted by Crippen LogP contribution is -2.34. The third kappa shape index (κ3) is 4.53. The van der Waals surface area contributed by atoms with Crippen LogP contribution in [-0.4, -0.2) is 29.6 Å². The van der Waals surface area contributed by atoms with E-state index in [4.69, 9.17) is 9.84 Å². The highest BCUT2D eigenvalue weighted by molar-refractivity contribution is 7.15. The third-order valence-corrected chi connectivity index (χ3v) is 4.19. The van der Waals surface area contributed by atoms with Crippen LogP contribution in [0.3, 0.4) is 0 Å². The van der Waals surface area contributed by atoms with E-state index in [2.05, 4.69) is 5.32 Å². The van der Waals surface area contributed by atoms with Gasteiger partial charge in [-0.3, -0.25) is 4.79 Å². The molecule has 23 heavy (non-hydrogen) atoms. The van der Waals surface area contributed by atoms with E-state index in [0.29, 0.717) is 11.3 Å². The lowest BCUT2D eigenvalue weighted by molar-refractivity contribution is 0.0702. The molecule has 122 valence electrons. The molecule has 0 fully saturated rings. The lowest BCUT2D eigenvalue weighted by Gasteiger charge is -2.18. The fraction of sp³-hybridized carbons (Fsp3) is 0.250. The number of carboxylic acid groups (broad SMARTS) is 1. The average molecular weight is 337 g/mol. The minimum atomic E-state index is -1.07. The Morgan fingerprint density at radius 1 is 1.26 bits per heavy atom. The van der Waals surface area contributed by atoms with Gasteiger partial charge >= 0.3 is 5.97 Å². The maximum atomic E-state index is 13.6. The number of rotatable bonds is 7. The number of thiophene rings is 1. The summed E-state index contributed by atoms with van der Waals surface area (Å²) >= 11 is 0.902. The van der Waals surface area contributed by atoms with Crippen LogP contribution in [0.15, 0.2) is 36.4 Å². The van der Waals surface area contributed by atoms with Crippen molar-refractivity contribution in [1.29, 1.82) is 0 Å². The number of hydrogen-bond donors (Lipinski definition) is 2. The molecule has 7 heteroatoms. The average Bonchev–Trinajstić information content (AvgIpc) is 3.03. The SMILES string of the molecule is CCC(CNC(=O)c1ccc(C(=O)O)s1)Oc1ccccc1F. The molecule has 2 N–H and O–H groups in total. The van der Waals surface area contributed by atoms with Crippen LogP contribution in [0, 0.1) is 5.82 Å². The normalized spacial score (nSPS) is 11.7. The first-order valence-electron chi connectivity index (χ1n) is 7.03. The molecule has 0 spiro atoms. The second-order valence-corrected chi connectivity index (χ2v) is 5.84. The van der Waals surface area contributed by atoms with Gasteiger partial charge in [-0.15, -0.1) is 11.3 Å². The van der Waals surface area contributed by atoms with E-state index < -0.39 is 11.8 Å². The number of nitrogens with one attached hydrogen (secondary N) is 1. The summed E-state index contributed by atoms with van der Waals surface area (Å²) in [7, 11) is 0. The Bertz CT molecular complexity index is 701. The molecule has 1 amide bonds. The molecule has 1 heterocycles. The van der Waals surface area contributed by atoms with E-state index in [1.165, 1.54) is 24.3 Å². The Morgan fingerprint density at radius 2 is 1.96 bits per heavy atom. The molecular weight excluding hydrogens is 321 g/mol. The second-order valence-electron chi connectivity index (χ2n) is 4.76. The largest absolute Gasteiger partial charge is 0.486 e. The quantitative estimate of drug-likeness (QED) is 0.814. The van der Waals surface area contributed by atoms with Gasteiger partial charge in [0.1, 0.15) is 11.0 Å². The number of carbonyl (C=O) groups is 2. The van der Waals surface area contributed by atoms with Crippen LogP contribution in [0.2, 0.25) is 0 Å². The number of aromatic carboxylic acids is 1. The molecule has 0 aliphatic carbocycles. The summed E-state index contributed by atoms with van der Waals surface area (Å²) in [5.74, 6) is -1.76. The summed E-state index contributed by atoms with van der Waals surface area (Å²) in [6.07, 6.45) is 0.203. The van der Waals surface area contributed by atoms with Gasteiger partial charge in [-0.05, 0) is 30.7 Å². The molecule has 0 bridgehead atoms. The molecule has 0 radical (unpaired) electrons. The van der Waals surface area contributed by atoms with Crippen LogP contribution in [0.5, 0.6) is 5.75 Å². The van der Waals surface area contributed by atoms with Gasteiger partial charge in [0.15, 0.2) is 11.6 Å². The summed E-state index contributed by atoms with van der Waals surface area (Å²) in [6.45, 7) is 2.06. The highest BCUT2D eigenvalue weighted by Crippen LogP contribution is 2.18. The topological polar surface area (TPSA) is 75.6 Å². The second kappa shape index (κ2) is 7.73. The Hall–Kier alpha value is -2.41. The van der Waals surface area contributed by atoms with Crippen molar-refractivity contribution in [3.8, 4) is 5.75 Å². The first-order valence-corrected chi connectivity index (χ1v) is 7.85. The van der Waals surface area contributed by atoms with E-state index in [1.54, 1.807) is 12.1 Å². The van der Waals surface area contributed by atoms with Gasteiger partial charge in [0, 0.05) is 0 Å². The smallest absolute Gasteiger partial charge is 0.345 e. The van der Waals surface area contributed by atoms with E-state index in [1.807, 2.05) is 6.92 Å². The van der Waals surface area contributed by atoms with Crippen LogP contribution in [0.4, 0.5) is 4.39 Å². The number of ether oxygens (including phenoxy) is 1. The predicted molar refractivity (Wildman–Crippen MR) is 84.7 cm³/mol. The molecule has 2 rings (SSSR count). The number of benzene rings is 1. The molecule has 0 aliphatic heterocycles. The summed E-state index contributed by atoms with van der Waals surface area (Å²) in [6, 6.07) is 8.92. The van der Waals surface area contributed by atoms with E-state index in [0.717, 1.165) is 11.3 Å². The molecule has 0 saturated heterocycles. The van der Waals surface area contributed by atoms with Crippen molar-refractivity contribution in [3.05, 3.63) is 52.0 Å². The zero-order valence-electron chi connectivity index (χ0n) is 12.4. The van der Waals surface area contributed by atoms with Crippen molar-refractivity contribution >= 4 is 23.2 Å². The van der Waals surface area contributed by atoms with E-state index >= 15 is 0 Å². The van der Waals surface area contributed by atoms with Crippen LogP contribution in [-0.2, 0) is 0 Å². The molecule has 0 saturated carbocycles. The van der Waals surface area contributed by atoms with Crippen molar-refractivity contribution in [2.75, 3.05) is 6.54 Å². The number of amides is 1. The first kappa shape index (κ1) is 17.0. The molecule has 1 aromatic carbocycles. The number of carbonyl (C=O) groups excluding carboxylic acids is 1. The highest BCUT2D eigenvalue weighted by Gasteiger charge is 2.16. The molecule has 0 aliphatic rings. The fourth-order valence-corrected chi connectivity index (χ4v) is 2.62. The Balaban J connectivity index is 1.93. The van der Waals surface area contributed by atoms with Crippen LogP contribution in [0.1, 0.15) is 32.7 Å². The Kier molecular flexibility index (Phi) is 5.70. The Morgan fingerprint density at radius 3 is 2.57 bits per heavy atom. The van der Waals surface area contributed by atoms with Gasteiger partial charge in [-0.2, -0.15) is 0 Å². The number of para-hydroxylation sites is 1. The maximum absolute atomic E-state index is 13.6. The fourth-order valence-electron chi connectivity index (χ4n) is 1.86. The zero-order valence-corrected chi connectivity index (χ0v) is 13.2. The van der Waals surface area contributed by atoms with Gasteiger partial charge in [0.05, 0.1) is 11.4 Å². The minimum Gasteiger partial charge on any atom is -0.486 e.